The molecule has 0 bridgehead atoms. The molecule has 0 fully saturated rings. The lowest BCUT2D eigenvalue weighted by Gasteiger charge is -2.09. The number of imidazole rings is 1. The van der Waals surface area contributed by atoms with E-state index in [0.717, 1.165) is 16.9 Å². The molecule has 0 atom stereocenters. The summed E-state index contributed by atoms with van der Waals surface area (Å²) in [7, 11) is 0. The number of aromatic nitrogens is 2. The van der Waals surface area contributed by atoms with Crippen molar-refractivity contribution in [2.24, 2.45) is 0 Å². The number of fused-ring (bicyclic) bond motifs is 1. The Morgan fingerprint density at radius 2 is 1.69 bits per heavy atom. The van der Waals surface area contributed by atoms with Crippen molar-refractivity contribution in [3.05, 3.63) is 84.1 Å². The minimum Gasteiger partial charge on any atom is -0.308 e. The molecule has 0 aliphatic rings. The molecule has 2 aromatic heterocycles. The van der Waals surface area contributed by atoms with Gasteiger partial charge in [-0.2, -0.15) is 0 Å². The Hall–Kier alpha value is -3.31. The molecule has 5 nitrogen and oxygen atoms in total. The molecule has 4 rings (SSSR count). The first kappa shape index (κ1) is 16.2. The molecule has 0 radical (unpaired) electrons. The molecule has 2 amide bonds. The number of nitrogens with zero attached hydrogens (tertiary/aromatic N) is 2. The van der Waals surface area contributed by atoms with E-state index in [1.807, 2.05) is 71.4 Å². The van der Waals surface area contributed by atoms with Crippen molar-refractivity contribution in [3.8, 4) is 11.3 Å². The van der Waals surface area contributed by atoms with Crippen LogP contribution in [0.5, 0.6) is 0 Å². The maximum Gasteiger partial charge on any atom is 0.323 e. The smallest absolute Gasteiger partial charge is 0.308 e. The van der Waals surface area contributed by atoms with E-state index in [1.54, 1.807) is 12.1 Å². The summed E-state index contributed by atoms with van der Waals surface area (Å²) >= 11 is 6.04. The van der Waals surface area contributed by atoms with Crippen molar-refractivity contribution < 1.29 is 4.79 Å². The largest absolute Gasteiger partial charge is 0.323 e. The summed E-state index contributed by atoms with van der Waals surface area (Å²) in [6, 6.07) is 20.1. The van der Waals surface area contributed by atoms with E-state index in [0.29, 0.717) is 16.4 Å². The van der Waals surface area contributed by atoms with Crippen LogP contribution < -0.4 is 10.6 Å². The Morgan fingerprint density at radius 1 is 0.923 bits per heavy atom. The summed E-state index contributed by atoms with van der Waals surface area (Å²) in [6.45, 7) is 0. The number of halogens is 1. The number of carbonyl (C=O) groups excluding carboxylic acids is 1. The number of rotatable bonds is 3. The van der Waals surface area contributed by atoms with Crippen molar-refractivity contribution >= 4 is 34.7 Å². The van der Waals surface area contributed by atoms with Crippen molar-refractivity contribution in [1.29, 1.82) is 0 Å². The zero-order valence-corrected chi connectivity index (χ0v) is 14.4. The van der Waals surface area contributed by atoms with Gasteiger partial charge in [-0.15, -0.1) is 0 Å². The predicted octanol–water partition coefficient (Wildman–Crippen LogP) is 5.30. The van der Waals surface area contributed by atoms with Crippen molar-refractivity contribution in [2.45, 2.75) is 0 Å². The van der Waals surface area contributed by atoms with Crippen LogP contribution in [-0.2, 0) is 0 Å². The van der Waals surface area contributed by atoms with Gasteiger partial charge in [0.05, 0.1) is 16.4 Å². The van der Waals surface area contributed by atoms with Crippen molar-refractivity contribution in [2.75, 3.05) is 10.6 Å². The lowest BCUT2D eigenvalue weighted by molar-refractivity contribution is 0.262. The average Bonchev–Trinajstić information content (AvgIpc) is 3.08. The Labute approximate surface area is 155 Å². The molecule has 0 aliphatic heterocycles. The van der Waals surface area contributed by atoms with Crippen LogP contribution in [0.15, 0.2) is 79.1 Å². The second-order valence-electron chi connectivity index (χ2n) is 5.73. The van der Waals surface area contributed by atoms with Gasteiger partial charge in [0.15, 0.2) is 0 Å². The monoisotopic (exact) mass is 362 g/mol. The van der Waals surface area contributed by atoms with Crippen molar-refractivity contribution in [1.82, 2.24) is 9.38 Å². The summed E-state index contributed by atoms with van der Waals surface area (Å²) in [5.41, 5.74) is 3.99. The van der Waals surface area contributed by atoms with Crippen LogP contribution in [0, 0.1) is 0 Å². The molecule has 128 valence electrons. The van der Waals surface area contributed by atoms with E-state index in [9.17, 15) is 4.79 Å². The number of carbonyl (C=O) groups is 1. The third-order valence-corrected chi connectivity index (χ3v) is 4.25. The fraction of sp³-hybridized carbons (Fsp3) is 0. The second kappa shape index (κ2) is 6.90. The minimum atomic E-state index is -0.349. The zero-order valence-electron chi connectivity index (χ0n) is 13.7. The van der Waals surface area contributed by atoms with Crippen LogP contribution >= 0.6 is 11.6 Å². The molecule has 0 unspecified atom stereocenters. The quantitative estimate of drug-likeness (QED) is 0.519. The first-order valence-corrected chi connectivity index (χ1v) is 8.43. The van der Waals surface area contributed by atoms with Crippen LogP contribution in [0.3, 0.4) is 0 Å². The molecule has 6 heteroatoms. The van der Waals surface area contributed by atoms with Gasteiger partial charge in [-0.1, -0.05) is 41.9 Å². The highest BCUT2D eigenvalue weighted by Gasteiger charge is 2.07. The standard InChI is InChI=1S/C20H15ClN4O/c21-16-5-1-2-6-17(16)24-20(26)22-15-10-8-14(9-11-15)18-13-25-12-4-3-7-19(25)23-18/h1-13H,(H2,22,24,26). The Kier molecular flexibility index (Phi) is 4.29. The van der Waals surface area contributed by atoms with E-state index in [4.69, 9.17) is 11.6 Å². The van der Waals surface area contributed by atoms with Gasteiger partial charge in [0.1, 0.15) is 5.65 Å². The fourth-order valence-electron chi connectivity index (χ4n) is 2.65. The highest BCUT2D eigenvalue weighted by molar-refractivity contribution is 6.33. The lowest BCUT2D eigenvalue weighted by atomic mass is 10.1. The SMILES string of the molecule is O=C(Nc1ccc(-c2cn3ccccc3n2)cc1)Nc1ccccc1Cl. The first-order valence-electron chi connectivity index (χ1n) is 8.06. The summed E-state index contributed by atoms with van der Waals surface area (Å²) in [5.74, 6) is 0. The summed E-state index contributed by atoms with van der Waals surface area (Å²) in [6.07, 6.45) is 3.93. The van der Waals surface area contributed by atoms with Crippen LogP contribution in [0.2, 0.25) is 5.02 Å². The highest BCUT2D eigenvalue weighted by Crippen LogP contribution is 2.23. The molecule has 0 spiro atoms. The molecular weight excluding hydrogens is 348 g/mol. The maximum absolute atomic E-state index is 12.1. The van der Waals surface area contributed by atoms with Gasteiger partial charge in [0.2, 0.25) is 0 Å². The molecule has 0 aliphatic carbocycles. The second-order valence-corrected chi connectivity index (χ2v) is 6.14. The number of benzene rings is 2. The van der Waals surface area contributed by atoms with E-state index >= 15 is 0 Å². The molecule has 0 saturated heterocycles. The Morgan fingerprint density at radius 3 is 2.46 bits per heavy atom. The van der Waals surface area contributed by atoms with E-state index in [2.05, 4.69) is 15.6 Å². The number of para-hydroxylation sites is 1. The topological polar surface area (TPSA) is 58.4 Å². The van der Waals surface area contributed by atoms with E-state index in [-0.39, 0.29) is 6.03 Å². The molecule has 2 aromatic carbocycles. The number of hydrogen-bond donors (Lipinski definition) is 2. The zero-order chi connectivity index (χ0) is 17.9. The third kappa shape index (κ3) is 3.38. The third-order valence-electron chi connectivity index (χ3n) is 3.92. The van der Waals surface area contributed by atoms with Crippen LogP contribution in [0.1, 0.15) is 0 Å². The summed E-state index contributed by atoms with van der Waals surface area (Å²) in [4.78, 5) is 16.7. The Bertz CT molecular complexity index is 1040. The van der Waals surface area contributed by atoms with Gasteiger partial charge in [-0.05, 0) is 36.4 Å². The van der Waals surface area contributed by atoms with E-state index in [1.165, 1.54) is 0 Å². The lowest BCUT2D eigenvalue weighted by Crippen LogP contribution is -2.19. The van der Waals surface area contributed by atoms with Gasteiger partial charge in [0.25, 0.3) is 0 Å². The van der Waals surface area contributed by atoms with E-state index < -0.39 is 0 Å². The van der Waals surface area contributed by atoms with Crippen molar-refractivity contribution in [3.63, 3.8) is 0 Å². The molecular formula is C20H15ClN4O. The number of hydrogen-bond acceptors (Lipinski definition) is 2. The Balaban J connectivity index is 1.47. The number of amides is 2. The number of anilines is 2. The number of nitrogens with one attached hydrogen (secondary N) is 2. The van der Waals surface area contributed by atoms with Gasteiger partial charge >= 0.3 is 6.03 Å². The molecule has 2 N–H and O–H groups in total. The minimum absolute atomic E-state index is 0.349. The van der Waals surface area contributed by atoms with Gasteiger partial charge in [-0.25, -0.2) is 9.78 Å². The maximum atomic E-state index is 12.1. The normalized spacial score (nSPS) is 10.7. The highest BCUT2D eigenvalue weighted by atomic mass is 35.5. The average molecular weight is 363 g/mol. The predicted molar refractivity (Wildman–Crippen MR) is 105 cm³/mol. The summed E-state index contributed by atoms with van der Waals surface area (Å²) in [5, 5.41) is 6.00. The van der Waals surface area contributed by atoms with Gasteiger partial charge < -0.3 is 15.0 Å². The number of pyridine rings is 1. The van der Waals surface area contributed by atoms with Gasteiger partial charge in [0, 0.05) is 23.6 Å². The van der Waals surface area contributed by atoms with Crippen LogP contribution in [-0.4, -0.2) is 15.4 Å². The van der Waals surface area contributed by atoms with Crippen LogP contribution in [0.25, 0.3) is 16.9 Å². The summed E-state index contributed by atoms with van der Waals surface area (Å²) < 4.78 is 1.97. The molecule has 2 heterocycles. The van der Waals surface area contributed by atoms with Gasteiger partial charge in [-0.3, -0.25) is 0 Å². The fourth-order valence-corrected chi connectivity index (χ4v) is 2.83. The van der Waals surface area contributed by atoms with Crippen LogP contribution in [0.4, 0.5) is 16.2 Å². The molecule has 26 heavy (non-hydrogen) atoms. The first-order chi connectivity index (χ1) is 12.7. The number of urea groups is 1. The molecule has 4 aromatic rings. The molecule has 0 saturated carbocycles.